The van der Waals surface area contributed by atoms with Gasteiger partial charge in [-0.15, -0.1) is 0 Å². The maximum atomic E-state index is 10.5. The van der Waals surface area contributed by atoms with Crippen molar-refractivity contribution >= 4 is 5.97 Å². The molecule has 13 heavy (non-hydrogen) atoms. The highest BCUT2D eigenvalue weighted by Crippen LogP contribution is 2.01. The summed E-state index contributed by atoms with van der Waals surface area (Å²) >= 11 is 0. The normalized spacial score (nSPS) is 15.3. The second-order valence-corrected chi connectivity index (χ2v) is 2.53. The van der Waals surface area contributed by atoms with Crippen LogP contribution in [0.2, 0.25) is 0 Å². The zero-order valence-corrected chi connectivity index (χ0v) is 8.15. The van der Waals surface area contributed by atoms with Gasteiger partial charge in [0.1, 0.15) is 0 Å². The van der Waals surface area contributed by atoms with Gasteiger partial charge in [-0.3, -0.25) is 0 Å². The molecular weight excluding hydrogens is 176 g/mol. The third-order valence-electron chi connectivity index (χ3n) is 1.28. The number of carboxylic acid groups (broad SMARTS) is 1. The van der Waals surface area contributed by atoms with Gasteiger partial charge in [-0.1, -0.05) is 0 Å². The summed E-state index contributed by atoms with van der Waals surface area (Å²) in [4.78, 5) is 10.5. The quantitative estimate of drug-likeness (QED) is 0.594. The van der Waals surface area contributed by atoms with Gasteiger partial charge in [0.25, 0.3) is 6.29 Å². The van der Waals surface area contributed by atoms with E-state index in [2.05, 4.69) is 0 Å². The molecule has 2 atom stereocenters. The molecular formula is C8H16O5. The molecule has 0 heterocycles. The minimum absolute atomic E-state index is 0.294. The van der Waals surface area contributed by atoms with E-state index in [1.807, 2.05) is 0 Å². The van der Waals surface area contributed by atoms with Gasteiger partial charge in [-0.05, 0) is 13.8 Å². The number of carboxylic acids is 1. The van der Waals surface area contributed by atoms with Crippen molar-refractivity contribution in [3.8, 4) is 0 Å². The fourth-order valence-corrected chi connectivity index (χ4v) is 0.805. The monoisotopic (exact) mass is 192 g/mol. The molecule has 0 radical (unpaired) electrons. The summed E-state index contributed by atoms with van der Waals surface area (Å²) in [5, 5.41) is 8.63. The number of rotatable bonds is 7. The summed E-state index contributed by atoms with van der Waals surface area (Å²) in [6.07, 6.45) is -1.49. The van der Waals surface area contributed by atoms with Crippen LogP contribution in [-0.4, -0.2) is 43.8 Å². The number of carbonyl (C=O) groups is 1. The molecule has 0 amide bonds. The Labute approximate surface area is 77.6 Å². The molecule has 0 fully saturated rings. The molecule has 0 aliphatic carbocycles. The van der Waals surface area contributed by atoms with Gasteiger partial charge in [0.05, 0.1) is 12.7 Å². The third-order valence-corrected chi connectivity index (χ3v) is 1.28. The Bertz CT molecular complexity index is 147. The largest absolute Gasteiger partial charge is 0.477 e. The van der Waals surface area contributed by atoms with Crippen LogP contribution in [-0.2, 0) is 19.0 Å². The zero-order valence-electron chi connectivity index (χ0n) is 8.15. The summed E-state index contributed by atoms with van der Waals surface area (Å²) in [6.45, 7) is 4.08. The molecule has 2 unspecified atom stereocenters. The molecule has 0 aromatic carbocycles. The molecule has 0 rings (SSSR count). The average molecular weight is 192 g/mol. The van der Waals surface area contributed by atoms with Gasteiger partial charge < -0.3 is 19.3 Å². The van der Waals surface area contributed by atoms with Crippen molar-refractivity contribution in [2.45, 2.75) is 26.2 Å². The molecule has 0 aliphatic heterocycles. The Kier molecular flexibility index (Phi) is 6.48. The van der Waals surface area contributed by atoms with Crippen LogP contribution < -0.4 is 0 Å². The molecule has 0 saturated carbocycles. The van der Waals surface area contributed by atoms with E-state index in [0.717, 1.165) is 0 Å². The Balaban J connectivity index is 3.86. The van der Waals surface area contributed by atoms with Crippen molar-refractivity contribution in [2.24, 2.45) is 0 Å². The molecule has 78 valence electrons. The Hall–Kier alpha value is -0.650. The summed E-state index contributed by atoms with van der Waals surface area (Å²) in [5.41, 5.74) is 0. The Morgan fingerprint density at radius 2 is 2.15 bits per heavy atom. The fraction of sp³-hybridized carbons (Fsp3) is 0.875. The van der Waals surface area contributed by atoms with Crippen molar-refractivity contribution in [3.63, 3.8) is 0 Å². The number of methoxy groups -OCH3 is 1. The topological polar surface area (TPSA) is 65.0 Å². The maximum Gasteiger partial charge on any atom is 0.361 e. The van der Waals surface area contributed by atoms with Crippen LogP contribution in [0.5, 0.6) is 0 Å². The molecule has 0 aromatic heterocycles. The first-order valence-corrected chi connectivity index (χ1v) is 4.10. The van der Waals surface area contributed by atoms with Crippen LogP contribution in [0.3, 0.4) is 0 Å². The summed E-state index contributed by atoms with van der Waals surface area (Å²) in [5.74, 6) is -1.12. The lowest BCUT2D eigenvalue weighted by Crippen LogP contribution is -2.32. The molecule has 1 N–H and O–H groups in total. The predicted octanol–water partition coefficient (Wildman–Crippen LogP) is 0.485. The van der Waals surface area contributed by atoms with Crippen LogP contribution in [0.15, 0.2) is 0 Å². The van der Waals surface area contributed by atoms with Crippen LogP contribution in [0.1, 0.15) is 13.8 Å². The molecule has 0 spiro atoms. The number of hydrogen-bond donors (Lipinski definition) is 1. The van der Waals surface area contributed by atoms with E-state index >= 15 is 0 Å². The first-order valence-electron chi connectivity index (χ1n) is 4.10. The molecule has 0 saturated heterocycles. The van der Waals surface area contributed by atoms with E-state index in [9.17, 15) is 4.79 Å². The van der Waals surface area contributed by atoms with Gasteiger partial charge in [-0.25, -0.2) is 4.79 Å². The van der Waals surface area contributed by atoms with E-state index in [1.54, 1.807) is 13.8 Å². The first kappa shape index (κ1) is 12.3. The van der Waals surface area contributed by atoms with Crippen LogP contribution in [0.25, 0.3) is 0 Å². The standard InChI is InChI=1S/C8H16O5/c1-4-12-8(7(9)10)13-6(2)5-11-3/h6,8H,4-5H2,1-3H3,(H,9,10). The van der Waals surface area contributed by atoms with Crippen molar-refractivity contribution in [1.82, 2.24) is 0 Å². The van der Waals surface area contributed by atoms with E-state index in [4.69, 9.17) is 19.3 Å². The second-order valence-electron chi connectivity index (χ2n) is 2.53. The van der Waals surface area contributed by atoms with Gasteiger partial charge >= 0.3 is 5.97 Å². The van der Waals surface area contributed by atoms with E-state index in [0.29, 0.717) is 13.2 Å². The minimum atomic E-state index is -1.20. The predicted molar refractivity (Wildman–Crippen MR) is 45.5 cm³/mol. The van der Waals surface area contributed by atoms with Crippen molar-refractivity contribution in [2.75, 3.05) is 20.3 Å². The molecule has 0 aliphatic rings. The molecule has 0 bridgehead atoms. The zero-order chi connectivity index (χ0) is 10.3. The van der Waals surface area contributed by atoms with Crippen LogP contribution in [0, 0.1) is 0 Å². The molecule has 0 aromatic rings. The Morgan fingerprint density at radius 3 is 2.54 bits per heavy atom. The Morgan fingerprint density at radius 1 is 1.54 bits per heavy atom. The van der Waals surface area contributed by atoms with Crippen LogP contribution >= 0.6 is 0 Å². The van der Waals surface area contributed by atoms with Crippen molar-refractivity contribution in [1.29, 1.82) is 0 Å². The lowest BCUT2D eigenvalue weighted by atomic mass is 10.4. The van der Waals surface area contributed by atoms with Crippen molar-refractivity contribution in [3.05, 3.63) is 0 Å². The highest BCUT2D eigenvalue weighted by atomic mass is 16.7. The van der Waals surface area contributed by atoms with Crippen LogP contribution in [0.4, 0.5) is 0 Å². The molecule has 5 nitrogen and oxygen atoms in total. The lowest BCUT2D eigenvalue weighted by molar-refractivity contribution is -0.202. The van der Waals surface area contributed by atoms with E-state index < -0.39 is 12.3 Å². The highest BCUT2D eigenvalue weighted by Gasteiger charge is 2.20. The highest BCUT2D eigenvalue weighted by molar-refractivity contribution is 5.70. The average Bonchev–Trinajstić information content (AvgIpc) is 2.04. The number of hydrogen-bond acceptors (Lipinski definition) is 4. The van der Waals surface area contributed by atoms with E-state index in [-0.39, 0.29) is 6.10 Å². The minimum Gasteiger partial charge on any atom is -0.477 e. The van der Waals surface area contributed by atoms with Gasteiger partial charge in [0, 0.05) is 13.7 Å². The van der Waals surface area contributed by atoms with Gasteiger partial charge in [-0.2, -0.15) is 0 Å². The number of ether oxygens (including phenoxy) is 3. The second kappa shape index (κ2) is 6.82. The molecule has 5 heteroatoms. The lowest BCUT2D eigenvalue weighted by Gasteiger charge is -2.18. The van der Waals surface area contributed by atoms with Crippen molar-refractivity contribution < 1.29 is 24.1 Å². The fourth-order valence-electron chi connectivity index (χ4n) is 0.805. The van der Waals surface area contributed by atoms with E-state index in [1.165, 1.54) is 7.11 Å². The summed E-state index contributed by atoms with van der Waals surface area (Å²) in [7, 11) is 1.52. The van der Waals surface area contributed by atoms with Gasteiger partial charge in [0.15, 0.2) is 0 Å². The maximum absolute atomic E-state index is 10.5. The third kappa shape index (κ3) is 5.57. The SMILES string of the molecule is CCOC(OC(C)COC)C(=O)O. The summed E-state index contributed by atoms with van der Waals surface area (Å²) in [6, 6.07) is 0. The number of aliphatic carboxylic acids is 1. The summed E-state index contributed by atoms with van der Waals surface area (Å²) < 4.78 is 14.7. The van der Waals surface area contributed by atoms with Gasteiger partial charge in [0.2, 0.25) is 0 Å². The first-order chi connectivity index (χ1) is 6.11. The smallest absolute Gasteiger partial charge is 0.361 e.